The van der Waals surface area contributed by atoms with Crippen molar-refractivity contribution in [1.82, 2.24) is 5.32 Å². The maximum absolute atomic E-state index is 13.5. The highest BCUT2D eigenvalue weighted by Crippen LogP contribution is 2.34. The van der Waals surface area contributed by atoms with E-state index in [2.05, 4.69) is 10.6 Å². The van der Waals surface area contributed by atoms with Gasteiger partial charge in [0, 0.05) is 18.3 Å². The number of halogens is 4. The summed E-state index contributed by atoms with van der Waals surface area (Å²) in [7, 11) is 2.75. The number of ether oxygens (including phenoxy) is 2. The minimum absolute atomic E-state index is 0.0868. The van der Waals surface area contributed by atoms with Crippen molar-refractivity contribution < 1.29 is 41.4 Å². The molecular formula is C20H17F4N3O5. The van der Waals surface area contributed by atoms with E-state index in [1.54, 1.807) is 0 Å². The molecule has 1 fully saturated rings. The van der Waals surface area contributed by atoms with E-state index in [4.69, 9.17) is 9.47 Å². The third-order valence-electron chi connectivity index (χ3n) is 4.66. The minimum Gasteiger partial charge on any atom is -0.493 e. The summed E-state index contributed by atoms with van der Waals surface area (Å²) in [6, 6.07) is 5.31. The Balaban J connectivity index is 1.85. The van der Waals surface area contributed by atoms with Crippen LogP contribution >= 0.6 is 0 Å². The van der Waals surface area contributed by atoms with Gasteiger partial charge in [-0.2, -0.15) is 13.2 Å². The molecule has 32 heavy (non-hydrogen) atoms. The molecular weight excluding hydrogens is 438 g/mol. The van der Waals surface area contributed by atoms with Gasteiger partial charge in [0.15, 0.2) is 11.5 Å². The maximum atomic E-state index is 13.5. The van der Waals surface area contributed by atoms with Gasteiger partial charge in [0.1, 0.15) is 11.7 Å². The number of rotatable bonds is 5. The lowest BCUT2D eigenvalue weighted by Crippen LogP contribution is -2.58. The number of nitrogens with zero attached hydrogens (tertiary/aromatic N) is 1. The van der Waals surface area contributed by atoms with Crippen molar-refractivity contribution in [2.45, 2.75) is 6.18 Å². The van der Waals surface area contributed by atoms with Crippen molar-refractivity contribution in [3.8, 4) is 11.5 Å². The van der Waals surface area contributed by atoms with E-state index < -0.39 is 41.3 Å². The first-order valence-electron chi connectivity index (χ1n) is 9.08. The fourth-order valence-electron chi connectivity index (χ4n) is 3.07. The molecule has 170 valence electrons. The lowest BCUT2D eigenvalue weighted by Gasteiger charge is -2.31. The average Bonchev–Trinajstić information content (AvgIpc) is 2.74. The van der Waals surface area contributed by atoms with Gasteiger partial charge in [-0.1, -0.05) is 0 Å². The van der Waals surface area contributed by atoms with Crippen molar-refractivity contribution in [3.05, 3.63) is 47.8 Å². The molecule has 0 aromatic heterocycles. The second kappa shape index (κ2) is 8.73. The monoisotopic (exact) mass is 455 g/mol. The topological polar surface area (TPSA) is 97.0 Å². The van der Waals surface area contributed by atoms with Crippen molar-refractivity contribution in [3.63, 3.8) is 0 Å². The quantitative estimate of drug-likeness (QED) is 0.533. The highest BCUT2D eigenvalue weighted by Gasteiger charge is 2.40. The van der Waals surface area contributed by atoms with Crippen LogP contribution in [0.3, 0.4) is 0 Å². The SMILES string of the molecule is COc1ccc(N2C(=O)NCC(C(=O)Nc3ccc(F)c(C(F)(F)F)c3)C2=O)cc1OC. The molecule has 0 aliphatic carbocycles. The molecule has 2 N–H and O–H groups in total. The Bertz CT molecular complexity index is 1070. The van der Waals surface area contributed by atoms with Gasteiger partial charge in [-0.25, -0.2) is 14.1 Å². The van der Waals surface area contributed by atoms with Crippen molar-refractivity contribution in [2.24, 2.45) is 5.92 Å². The molecule has 3 rings (SSSR count). The summed E-state index contributed by atoms with van der Waals surface area (Å²) in [5, 5.41) is 4.54. The number of amides is 4. The van der Waals surface area contributed by atoms with Gasteiger partial charge in [-0.15, -0.1) is 0 Å². The number of carbonyl (C=O) groups is 3. The molecule has 1 aliphatic rings. The Hall–Kier alpha value is -3.83. The zero-order valence-corrected chi connectivity index (χ0v) is 16.7. The maximum Gasteiger partial charge on any atom is 0.419 e. The predicted octanol–water partition coefficient (Wildman–Crippen LogP) is 3.17. The van der Waals surface area contributed by atoms with E-state index in [0.29, 0.717) is 22.8 Å². The molecule has 1 aliphatic heterocycles. The summed E-state index contributed by atoms with van der Waals surface area (Å²) in [5.74, 6) is -4.26. The van der Waals surface area contributed by atoms with Gasteiger partial charge in [0.2, 0.25) is 11.8 Å². The lowest BCUT2D eigenvalue weighted by atomic mass is 10.0. The number of imide groups is 1. The van der Waals surface area contributed by atoms with Crippen molar-refractivity contribution in [1.29, 1.82) is 0 Å². The number of urea groups is 1. The Morgan fingerprint density at radius 2 is 1.78 bits per heavy atom. The summed E-state index contributed by atoms with van der Waals surface area (Å²) in [6.45, 7) is -0.374. The van der Waals surface area contributed by atoms with E-state index >= 15 is 0 Å². The highest BCUT2D eigenvalue weighted by molar-refractivity contribution is 6.23. The van der Waals surface area contributed by atoms with Crippen LogP contribution in [0.4, 0.5) is 33.7 Å². The summed E-state index contributed by atoms with van der Waals surface area (Å²) in [6.07, 6.45) is -4.97. The van der Waals surface area contributed by atoms with Crippen molar-refractivity contribution in [2.75, 3.05) is 31.0 Å². The van der Waals surface area contributed by atoms with Crippen molar-refractivity contribution >= 4 is 29.2 Å². The minimum atomic E-state index is -4.97. The molecule has 2 aromatic rings. The number of anilines is 2. The fourth-order valence-corrected chi connectivity index (χ4v) is 3.07. The van der Waals surface area contributed by atoms with Gasteiger partial charge >= 0.3 is 12.2 Å². The predicted molar refractivity (Wildman–Crippen MR) is 104 cm³/mol. The summed E-state index contributed by atoms with van der Waals surface area (Å²) in [4.78, 5) is 38.5. The number of benzene rings is 2. The van der Waals surface area contributed by atoms with Gasteiger partial charge in [-0.3, -0.25) is 9.59 Å². The van der Waals surface area contributed by atoms with E-state index in [9.17, 15) is 31.9 Å². The second-order valence-electron chi connectivity index (χ2n) is 6.63. The summed E-state index contributed by atoms with van der Waals surface area (Å²) < 4.78 is 62.4. The standard InChI is InChI=1S/C20H17F4N3O5/c1-31-15-6-4-11(8-16(15)32-2)27-18(29)12(9-25-19(27)30)17(28)26-10-3-5-14(21)13(7-10)20(22,23)24/h3-8,12H,9H2,1-2H3,(H,25,30)(H,26,28). The molecule has 0 bridgehead atoms. The first-order chi connectivity index (χ1) is 15.1. The second-order valence-corrected chi connectivity index (χ2v) is 6.63. The molecule has 0 saturated carbocycles. The number of hydrogen-bond acceptors (Lipinski definition) is 5. The van der Waals surface area contributed by atoms with Crippen LogP contribution in [0.15, 0.2) is 36.4 Å². The number of nitrogens with one attached hydrogen (secondary N) is 2. The van der Waals surface area contributed by atoms with E-state index in [1.807, 2.05) is 0 Å². The molecule has 1 atom stereocenters. The highest BCUT2D eigenvalue weighted by atomic mass is 19.4. The van der Waals surface area contributed by atoms with Gasteiger partial charge in [0.25, 0.3) is 0 Å². The molecule has 2 aromatic carbocycles. The number of alkyl halides is 3. The van der Waals surface area contributed by atoms with Crippen LogP contribution in [0.5, 0.6) is 11.5 Å². The van der Waals surface area contributed by atoms with Crippen LogP contribution in [-0.4, -0.2) is 38.6 Å². The van der Waals surface area contributed by atoms with E-state index in [1.165, 1.54) is 32.4 Å². The normalized spacial score (nSPS) is 16.4. The fraction of sp³-hybridized carbons (Fsp3) is 0.250. The smallest absolute Gasteiger partial charge is 0.419 e. The van der Waals surface area contributed by atoms with Gasteiger partial charge in [0.05, 0.1) is 25.5 Å². The number of methoxy groups -OCH3 is 2. The Morgan fingerprint density at radius 1 is 1.09 bits per heavy atom. The molecule has 12 heteroatoms. The van der Waals surface area contributed by atoms with Crippen LogP contribution in [-0.2, 0) is 15.8 Å². The Labute approximate surface area is 179 Å². The molecule has 8 nitrogen and oxygen atoms in total. The first kappa shape index (κ1) is 22.8. The zero-order chi connectivity index (χ0) is 23.6. The molecule has 0 radical (unpaired) electrons. The average molecular weight is 455 g/mol. The number of hydrogen-bond donors (Lipinski definition) is 2. The van der Waals surface area contributed by atoms with Gasteiger partial charge < -0.3 is 20.1 Å². The Morgan fingerprint density at radius 3 is 2.41 bits per heavy atom. The lowest BCUT2D eigenvalue weighted by molar-refractivity contribution is -0.140. The van der Waals surface area contributed by atoms with Crippen LogP contribution < -0.4 is 25.0 Å². The third kappa shape index (κ3) is 4.43. The molecule has 1 unspecified atom stereocenters. The Kier molecular flexibility index (Phi) is 6.23. The summed E-state index contributed by atoms with van der Waals surface area (Å²) in [5.41, 5.74) is -1.83. The van der Waals surface area contributed by atoms with Crippen LogP contribution in [0.1, 0.15) is 5.56 Å². The van der Waals surface area contributed by atoms with Crippen LogP contribution in [0.2, 0.25) is 0 Å². The van der Waals surface area contributed by atoms with E-state index in [-0.39, 0.29) is 23.7 Å². The van der Waals surface area contributed by atoms with Crippen LogP contribution in [0.25, 0.3) is 0 Å². The third-order valence-corrected chi connectivity index (χ3v) is 4.66. The van der Waals surface area contributed by atoms with E-state index in [0.717, 1.165) is 6.07 Å². The molecule has 1 saturated heterocycles. The molecule has 0 spiro atoms. The largest absolute Gasteiger partial charge is 0.493 e. The molecule has 4 amide bonds. The first-order valence-corrected chi connectivity index (χ1v) is 9.08. The van der Waals surface area contributed by atoms with Gasteiger partial charge in [-0.05, 0) is 30.3 Å². The summed E-state index contributed by atoms with van der Waals surface area (Å²) >= 11 is 0. The zero-order valence-electron chi connectivity index (χ0n) is 16.7. The molecule has 1 heterocycles. The van der Waals surface area contributed by atoms with Crippen LogP contribution in [0, 0.1) is 11.7 Å². The number of carbonyl (C=O) groups excluding carboxylic acids is 3.